The van der Waals surface area contributed by atoms with Gasteiger partial charge in [0.2, 0.25) is 11.8 Å². The summed E-state index contributed by atoms with van der Waals surface area (Å²) in [6.07, 6.45) is 2.46. The Balaban J connectivity index is 1.51. The van der Waals surface area contributed by atoms with Crippen LogP contribution in [-0.4, -0.2) is 47.8 Å². The van der Waals surface area contributed by atoms with Crippen LogP contribution in [0.2, 0.25) is 0 Å². The first-order chi connectivity index (χ1) is 11.5. The van der Waals surface area contributed by atoms with E-state index in [1.165, 1.54) is 0 Å². The minimum Gasteiger partial charge on any atom is -0.351 e. The largest absolute Gasteiger partial charge is 0.351 e. The van der Waals surface area contributed by atoms with E-state index >= 15 is 0 Å². The van der Waals surface area contributed by atoms with Crippen LogP contribution in [0.5, 0.6) is 0 Å². The van der Waals surface area contributed by atoms with Gasteiger partial charge in [-0.15, -0.1) is 0 Å². The van der Waals surface area contributed by atoms with Crippen LogP contribution in [0.25, 0.3) is 0 Å². The number of nitrogens with one attached hydrogen (secondary N) is 2. The van der Waals surface area contributed by atoms with Crippen LogP contribution in [0.15, 0.2) is 24.3 Å². The third kappa shape index (κ3) is 3.58. The average Bonchev–Trinajstić information content (AvgIpc) is 3.02. The zero-order valence-electron chi connectivity index (χ0n) is 13.9. The van der Waals surface area contributed by atoms with Crippen LogP contribution in [0, 0.1) is 6.92 Å². The van der Waals surface area contributed by atoms with Gasteiger partial charge in [-0.05, 0) is 37.8 Å². The smallest absolute Gasteiger partial charge is 0.254 e. The van der Waals surface area contributed by atoms with E-state index in [2.05, 4.69) is 10.6 Å². The fourth-order valence-corrected chi connectivity index (χ4v) is 3.32. The van der Waals surface area contributed by atoms with Crippen molar-refractivity contribution in [2.75, 3.05) is 13.1 Å². The van der Waals surface area contributed by atoms with Gasteiger partial charge >= 0.3 is 0 Å². The van der Waals surface area contributed by atoms with Gasteiger partial charge in [-0.2, -0.15) is 0 Å². The fraction of sp³-hybridized carbons (Fsp3) is 0.500. The topological polar surface area (TPSA) is 78.5 Å². The molecule has 128 valence electrons. The Morgan fingerprint density at radius 2 is 1.88 bits per heavy atom. The molecule has 2 saturated heterocycles. The van der Waals surface area contributed by atoms with E-state index in [0.29, 0.717) is 25.9 Å². The molecule has 6 heteroatoms. The number of rotatable bonds is 3. The quantitative estimate of drug-likeness (QED) is 0.868. The molecule has 1 atom stereocenters. The number of carbonyl (C=O) groups is 3. The lowest BCUT2D eigenvalue weighted by atomic mass is 10.0. The minimum absolute atomic E-state index is 0.0564. The molecule has 2 heterocycles. The molecular weight excluding hydrogens is 306 g/mol. The molecule has 0 aliphatic carbocycles. The standard InChI is InChI=1S/C18H23N3O3/c1-12-4-2-3-5-14(12)18(24)21-10-8-13(9-11-21)19-17(23)15-6-7-16(22)20-15/h2-5,13,15H,6-11H2,1H3,(H,19,23)(H,20,22). The molecule has 0 aromatic heterocycles. The summed E-state index contributed by atoms with van der Waals surface area (Å²) in [5, 5.41) is 5.68. The van der Waals surface area contributed by atoms with Gasteiger partial charge in [0, 0.05) is 31.1 Å². The van der Waals surface area contributed by atoms with Gasteiger partial charge in [-0.25, -0.2) is 0 Å². The van der Waals surface area contributed by atoms with E-state index < -0.39 is 6.04 Å². The second kappa shape index (κ2) is 7.03. The van der Waals surface area contributed by atoms with Crippen LogP contribution in [0.3, 0.4) is 0 Å². The third-order valence-corrected chi connectivity index (χ3v) is 4.82. The molecule has 2 aliphatic rings. The summed E-state index contributed by atoms with van der Waals surface area (Å²) >= 11 is 0. The maximum absolute atomic E-state index is 12.6. The Morgan fingerprint density at radius 1 is 1.17 bits per heavy atom. The predicted octanol–water partition coefficient (Wildman–Crippen LogP) is 0.994. The number of likely N-dealkylation sites (tertiary alicyclic amines) is 1. The average molecular weight is 329 g/mol. The lowest BCUT2D eigenvalue weighted by Crippen LogP contribution is -2.50. The van der Waals surface area contributed by atoms with Crippen LogP contribution in [-0.2, 0) is 9.59 Å². The van der Waals surface area contributed by atoms with Gasteiger partial charge < -0.3 is 15.5 Å². The van der Waals surface area contributed by atoms with Gasteiger partial charge in [-0.1, -0.05) is 18.2 Å². The molecule has 0 bridgehead atoms. The Morgan fingerprint density at radius 3 is 2.50 bits per heavy atom. The summed E-state index contributed by atoms with van der Waals surface area (Å²) in [5.41, 5.74) is 1.73. The van der Waals surface area contributed by atoms with Gasteiger partial charge in [-0.3, -0.25) is 14.4 Å². The molecule has 0 spiro atoms. The SMILES string of the molecule is Cc1ccccc1C(=O)N1CCC(NC(=O)C2CCC(=O)N2)CC1. The number of carbonyl (C=O) groups excluding carboxylic acids is 3. The number of amides is 3. The van der Waals surface area contributed by atoms with Crippen LogP contribution < -0.4 is 10.6 Å². The van der Waals surface area contributed by atoms with Crippen molar-refractivity contribution in [2.45, 2.75) is 44.7 Å². The molecule has 2 aliphatic heterocycles. The maximum atomic E-state index is 12.6. The molecule has 0 saturated carbocycles. The lowest BCUT2D eigenvalue weighted by molar-refractivity contribution is -0.126. The van der Waals surface area contributed by atoms with Gasteiger partial charge in [0.1, 0.15) is 6.04 Å². The molecule has 3 rings (SSSR count). The Hall–Kier alpha value is -2.37. The first-order valence-corrected chi connectivity index (χ1v) is 8.49. The van der Waals surface area contributed by atoms with Crippen molar-refractivity contribution in [1.29, 1.82) is 0 Å². The Bertz CT molecular complexity index is 651. The fourth-order valence-electron chi connectivity index (χ4n) is 3.32. The van der Waals surface area contributed by atoms with Crippen molar-refractivity contribution in [3.8, 4) is 0 Å². The van der Waals surface area contributed by atoms with Crippen molar-refractivity contribution in [3.63, 3.8) is 0 Å². The lowest BCUT2D eigenvalue weighted by Gasteiger charge is -2.33. The van der Waals surface area contributed by atoms with Crippen molar-refractivity contribution in [3.05, 3.63) is 35.4 Å². The number of hydrogen-bond donors (Lipinski definition) is 2. The first kappa shape index (κ1) is 16.5. The van der Waals surface area contributed by atoms with Crippen LogP contribution in [0.4, 0.5) is 0 Å². The zero-order chi connectivity index (χ0) is 17.1. The zero-order valence-corrected chi connectivity index (χ0v) is 13.9. The number of aryl methyl sites for hydroxylation is 1. The summed E-state index contributed by atoms with van der Waals surface area (Å²) < 4.78 is 0. The van der Waals surface area contributed by atoms with Crippen molar-refractivity contribution in [2.24, 2.45) is 0 Å². The number of nitrogens with zero attached hydrogens (tertiary/aromatic N) is 1. The molecule has 1 aromatic rings. The summed E-state index contributed by atoms with van der Waals surface area (Å²) in [7, 11) is 0. The van der Waals surface area contributed by atoms with Gasteiger partial charge in [0.25, 0.3) is 5.91 Å². The molecule has 6 nitrogen and oxygen atoms in total. The summed E-state index contributed by atoms with van der Waals surface area (Å²) in [5.74, 6) is -0.112. The van der Waals surface area contributed by atoms with Gasteiger partial charge in [0.15, 0.2) is 0 Å². The van der Waals surface area contributed by atoms with E-state index in [1.54, 1.807) is 0 Å². The van der Waals surface area contributed by atoms with E-state index in [9.17, 15) is 14.4 Å². The summed E-state index contributed by atoms with van der Waals surface area (Å²) in [4.78, 5) is 37.8. The van der Waals surface area contributed by atoms with Crippen LogP contribution in [0.1, 0.15) is 41.6 Å². The highest BCUT2D eigenvalue weighted by atomic mass is 16.2. The highest BCUT2D eigenvalue weighted by Crippen LogP contribution is 2.17. The van der Waals surface area contributed by atoms with Crippen molar-refractivity contribution >= 4 is 17.7 Å². The Labute approximate surface area is 141 Å². The normalized spacial score (nSPS) is 21.5. The molecule has 24 heavy (non-hydrogen) atoms. The molecule has 1 aromatic carbocycles. The second-order valence-electron chi connectivity index (χ2n) is 6.55. The number of piperidine rings is 1. The van der Waals surface area contributed by atoms with Crippen molar-refractivity contribution in [1.82, 2.24) is 15.5 Å². The third-order valence-electron chi connectivity index (χ3n) is 4.82. The molecule has 2 fully saturated rings. The predicted molar refractivity (Wildman–Crippen MR) is 89.4 cm³/mol. The van der Waals surface area contributed by atoms with E-state index in [-0.39, 0.29) is 23.8 Å². The Kier molecular flexibility index (Phi) is 4.83. The van der Waals surface area contributed by atoms with Crippen molar-refractivity contribution < 1.29 is 14.4 Å². The number of benzene rings is 1. The minimum atomic E-state index is -0.399. The monoisotopic (exact) mass is 329 g/mol. The van der Waals surface area contributed by atoms with E-state index in [4.69, 9.17) is 0 Å². The molecule has 2 N–H and O–H groups in total. The highest BCUT2D eigenvalue weighted by molar-refractivity contribution is 5.95. The summed E-state index contributed by atoms with van der Waals surface area (Å²) in [6.45, 7) is 3.21. The van der Waals surface area contributed by atoms with Gasteiger partial charge in [0.05, 0.1) is 0 Å². The van der Waals surface area contributed by atoms with E-state index in [0.717, 1.165) is 24.0 Å². The van der Waals surface area contributed by atoms with E-state index in [1.807, 2.05) is 36.1 Å². The summed E-state index contributed by atoms with van der Waals surface area (Å²) in [6, 6.07) is 7.27. The van der Waals surface area contributed by atoms with Crippen LogP contribution >= 0.6 is 0 Å². The number of hydrogen-bond acceptors (Lipinski definition) is 3. The maximum Gasteiger partial charge on any atom is 0.254 e. The molecular formula is C18H23N3O3. The molecule has 0 radical (unpaired) electrons. The second-order valence-corrected chi connectivity index (χ2v) is 6.55. The first-order valence-electron chi connectivity index (χ1n) is 8.49. The molecule has 1 unspecified atom stereocenters. The molecule has 3 amide bonds. The highest BCUT2D eigenvalue weighted by Gasteiger charge is 2.30.